The molecule has 0 unspecified atom stereocenters. The Labute approximate surface area is 112 Å². The Hall–Kier alpha value is -2.83. The molecule has 0 aliphatic rings. The summed E-state index contributed by atoms with van der Waals surface area (Å²) in [7, 11) is 0. The van der Waals surface area contributed by atoms with Crippen molar-refractivity contribution in [2.24, 2.45) is 0 Å². The Morgan fingerprint density at radius 1 is 1.10 bits per heavy atom. The lowest BCUT2D eigenvalue weighted by Gasteiger charge is -1.97. The van der Waals surface area contributed by atoms with E-state index in [0.717, 1.165) is 12.1 Å². The number of rotatable bonds is 2. The van der Waals surface area contributed by atoms with Crippen molar-refractivity contribution in [3.63, 3.8) is 0 Å². The van der Waals surface area contributed by atoms with Crippen molar-refractivity contribution in [3.05, 3.63) is 48.2 Å². The maximum atomic E-state index is 13.2. The Kier molecular flexibility index (Phi) is 2.86. The number of nitrogens with two attached hydrogens (primary N) is 1. The maximum Gasteiger partial charge on any atom is 0.278 e. The van der Waals surface area contributed by atoms with Crippen LogP contribution in [0.25, 0.3) is 23.0 Å². The molecule has 7 heteroatoms. The number of nitrogens with zero attached hydrogens (tertiary/aromatic N) is 3. The van der Waals surface area contributed by atoms with Crippen molar-refractivity contribution in [1.29, 1.82) is 0 Å². The molecule has 3 aromatic rings. The van der Waals surface area contributed by atoms with E-state index in [4.69, 9.17) is 10.3 Å². The number of benzene rings is 1. The van der Waals surface area contributed by atoms with Crippen molar-refractivity contribution in [1.82, 2.24) is 15.1 Å². The van der Waals surface area contributed by atoms with E-state index in [1.165, 1.54) is 12.3 Å². The molecule has 0 bridgehead atoms. The summed E-state index contributed by atoms with van der Waals surface area (Å²) in [5.74, 6) is -1.68. The quantitative estimate of drug-likeness (QED) is 0.777. The van der Waals surface area contributed by atoms with Crippen LogP contribution in [0.15, 0.2) is 41.1 Å². The second-order valence-corrected chi connectivity index (χ2v) is 3.99. The molecule has 0 saturated carbocycles. The number of anilines is 1. The first kappa shape index (κ1) is 12.2. The lowest BCUT2D eigenvalue weighted by atomic mass is 10.2. The lowest BCUT2D eigenvalue weighted by molar-refractivity contribution is 0.431. The highest BCUT2D eigenvalue weighted by atomic mass is 19.2. The van der Waals surface area contributed by atoms with Crippen molar-refractivity contribution in [3.8, 4) is 23.0 Å². The molecule has 2 N–H and O–H groups in total. The van der Waals surface area contributed by atoms with Gasteiger partial charge in [0, 0.05) is 11.8 Å². The Morgan fingerprint density at radius 3 is 2.70 bits per heavy atom. The smallest absolute Gasteiger partial charge is 0.278 e. The van der Waals surface area contributed by atoms with Gasteiger partial charge in [-0.15, -0.1) is 0 Å². The molecule has 100 valence electrons. The maximum absolute atomic E-state index is 13.2. The summed E-state index contributed by atoms with van der Waals surface area (Å²) < 4.78 is 31.1. The van der Waals surface area contributed by atoms with Gasteiger partial charge in [0.1, 0.15) is 0 Å². The topological polar surface area (TPSA) is 77.8 Å². The van der Waals surface area contributed by atoms with Gasteiger partial charge in [0.15, 0.2) is 17.3 Å². The third kappa shape index (κ3) is 2.09. The highest BCUT2D eigenvalue weighted by molar-refractivity contribution is 5.67. The van der Waals surface area contributed by atoms with Crippen molar-refractivity contribution in [2.45, 2.75) is 0 Å². The van der Waals surface area contributed by atoms with E-state index >= 15 is 0 Å². The molecule has 0 atom stereocenters. The van der Waals surface area contributed by atoms with Gasteiger partial charge in [-0.3, -0.25) is 0 Å². The van der Waals surface area contributed by atoms with Crippen LogP contribution >= 0.6 is 0 Å². The third-order valence-corrected chi connectivity index (χ3v) is 2.65. The number of pyridine rings is 1. The van der Waals surface area contributed by atoms with E-state index in [0.29, 0.717) is 16.9 Å². The summed E-state index contributed by atoms with van der Waals surface area (Å²) in [5.41, 5.74) is 6.77. The van der Waals surface area contributed by atoms with E-state index in [1.807, 2.05) is 0 Å². The van der Waals surface area contributed by atoms with Crippen LogP contribution in [0.3, 0.4) is 0 Å². The van der Waals surface area contributed by atoms with Crippen LogP contribution in [0.5, 0.6) is 0 Å². The standard InChI is InChI=1S/C13H8F2N4O/c14-8-4-3-7(6-9(8)15)12-18-13(20-19-12)11-10(16)2-1-5-17-11/h1-6H,16H2. The monoisotopic (exact) mass is 274 g/mol. The minimum atomic E-state index is -0.980. The summed E-state index contributed by atoms with van der Waals surface area (Å²) in [6.07, 6.45) is 1.53. The summed E-state index contributed by atoms with van der Waals surface area (Å²) >= 11 is 0. The van der Waals surface area contributed by atoms with E-state index in [2.05, 4.69) is 15.1 Å². The number of aromatic nitrogens is 3. The fourth-order valence-electron chi connectivity index (χ4n) is 1.67. The Balaban J connectivity index is 2.02. The van der Waals surface area contributed by atoms with Crippen LogP contribution in [0.2, 0.25) is 0 Å². The predicted molar refractivity (Wildman–Crippen MR) is 67.3 cm³/mol. The zero-order valence-electron chi connectivity index (χ0n) is 10.0. The van der Waals surface area contributed by atoms with Crippen molar-refractivity contribution >= 4 is 5.69 Å². The minimum Gasteiger partial charge on any atom is -0.397 e. The van der Waals surface area contributed by atoms with E-state index in [9.17, 15) is 8.78 Å². The molecule has 5 nitrogen and oxygen atoms in total. The number of halogens is 2. The van der Waals surface area contributed by atoms with Gasteiger partial charge in [-0.25, -0.2) is 13.8 Å². The minimum absolute atomic E-state index is 0.114. The Bertz CT molecular complexity index is 773. The molecule has 20 heavy (non-hydrogen) atoms. The molecule has 1 aromatic carbocycles. The average molecular weight is 274 g/mol. The average Bonchev–Trinajstić information content (AvgIpc) is 2.92. The molecule has 0 radical (unpaired) electrons. The van der Waals surface area contributed by atoms with Gasteiger partial charge in [0.25, 0.3) is 5.89 Å². The summed E-state index contributed by atoms with van der Waals surface area (Å²) in [4.78, 5) is 8.10. The largest absolute Gasteiger partial charge is 0.397 e. The molecule has 0 aliphatic carbocycles. The highest BCUT2D eigenvalue weighted by Gasteiger charge is 2.15. The summed E-state index contributed by atoms with van der Waals surface area (Å²) in [5, 5.41) is 3.70. The van der Waals surface area contributed by atoms with Crippen LogP contribution in [0.4, 0.5) is 14.5 Å². The van der Waals surface area contributed by atoms with Crippen LogP contribution in [-0.2, 0) is 0 Å². The molecule has 0 amide bonds. The van der Waals surface area contributed by atoms with E-state index in [-0.39, 0.29) is 11.7 Å². The molecule has 0 aliphatic heterocycles. The zero-order valence-corrected chi connectivity index (χ0v) is 10.0. The molecule has 0 spiro atoms. The fourth-order valence-corrected chi connectivity index (χ4v) is 1.67. The highest BCUT2D eigenvalue weighted by Crippen LogP contribution is 2.25. The van der Waals surface area contributed by atoms with Crippen LogP contribution in [0, 0.1) is 11.6 Å². The number of nitrogen functional groups attached to an aromatic ring is 1. The molecular formula is C13H8F2N4O. The first-order chi connectivity index (χ1) is 9.65. The second kappa shape index (κ2) is 4.69. The van der Waals surface area contributed by atoms with Crippen LogP contribution in [0.1, 0.15) is 0 Å². The van der Waals surface area contributed by atoms with Crippen LogP contribution in [-0.4, -0.2) is 15.1 Å². The summed E-state index contributed by atoms with van der Waals surface area (Å²) in [6, 6.07) is 6.66. The normalized spacial score (nSPS) is 10.7. The SMILES string of the molecule is Nc1cccnc1-c1nc(-c2ccc(F)c(F)c2)no1. The first-order valence-electron chi connectivity index (χ1n) is 5.65. The van der Waals surface area contributed by atoms with E-state index < -0.39 is 11.6 Å². The molecule has 2 aromatic heterocycles. The van der Waals surface area contributed by atoms with Crippen molar-refractivity contribution < 1.29 is 13.3 Å². The fraction of sp³-hybridized carbons (Fsp3) is 0. The summed E-state index contributed by atoms with van der Waals surface area (Å²) in [6.45, 7) is 0. The first-order valence-corrected chi connectivity index (χ1v) is 5.65. The second-order valence-electron chi connectivity index (χ2n) is 3.99. The molecular weight excluding hydrogens is 266 g/mol. The lowest BCUT2D eigenvalue weighted by Crippen LogP contribution is -1.92. The van der Waals surface area contributed by atoms with Gasteiger partial charge in [0.05, 0.1) is 5.69 Å². The molecule has 2 heterocycles. The van der Waals surface area contributed by atoms with Gasteiger partial charge in [-0.05, 0) is 30.3 Å². The number of hydrogen-bond donors (Lipinski definition) is 1. The number of hydrogen-bond acceptors (Lipinski definition) is 5. The van der Waals surface area contributed by atoms with Gasteiger partial charge in [-0.2, -0.15) is 4.98 Å². The predicted octanol–water partition coefficient (Wildman–Crippen LogP) is 2.66. The third-order valence-electron chi connectivity index (χ3n) is 2.65. The molecule has 0 fully saturated rings. The zero-order chi connectivity index (χ0) is 14.1. The Morgan fingerprint density at radius 2 is 1.95 bits per heavy atom. The molecule has 3 rings (SSSR count). The van der Waals surface area contributed by atoms with Gasteiger partial charge < -0.3 is 10.3 Å². The molecule has 0 saturated heterocycles. The van der Waals surface area contributed by atoms with Crippen molar-refractivity contribution in [2.75, 3.05) is 5.73 Å². The van der Waals surface area contributed by atoms with E-state index in [1.54, 1.807) is 12.1 Å². The van der Waals surface area contributed by atoms with Gasteiger partial charge >= 0.3 is 0 Å². The van der Waals surface area contributed by atoms with Gasteiger partial charge in [-0.1, -0.05) is 5.16 Å². The van der Waals surface area contributed by atoms with Gasteiger partial charge in [0.2, 0.25) is 5.82 Å². The van der Waals surface area contributed by atoms with Crippen LogP contribution < -0.4 is 5.73 Å².